The highest BCUT2D eigenvalue weighted by molar-refractivity contribution is 5.76. The van der Waals surface area contributed by atoms with E-state index in [0.717, 1.165) is 25.7 Å². The standard InChI is InChI=1S/C26H34O6/c27-19-21-11-13-25(23(29)17-21)31-15-9-7-5-3-1-2-4-6-8-10-16-32-26-14-12-22(20-28)18-24(26)30/h11-14,17-20,29-30H,1-10,15-16H2. The van der Waals surface area contributed by atoms with Crippen molar-refractivity contribution in [3.63, 3.8) is 0 Å². The third-order valence-corrected chi connectivity index (χ3v) is 5.29. The van der Waals surface area contributed by atoms with E-state index in [0.29, 0.717) is 48.4 Å². The number of carbonyl (C=O) groups excluding carboxylic acids is 2. The molecular formula is C26H34O6. The van der Waals surface area contributed by atoms with Crippen molar-refractivity contribution in [3.8, 4) is 23.0 Å². The molecule has 2 aromatic carbocycles. The fourth-order valence-corrected chi connectivity index (χ4v) is 3.44. The number of rotatable bonds is 17. The van der Waals surface area contributed by atoms with E-state index < -0.39 is 0 Å². The molecule has 2 N–H and O–H groups in total. The van der Waals surface area contributed by atoms with Crippen molar-refractivity contribution in [2.24, 2.45) is 0 Å². The Hall–Kier alpha value is -3.02. The summed E-state index contributed by atoms with van der Waals surface area (Å²) in [4.78, 5) is 21.3. The van der Waals surface area contributed by atoms with Gasteiger partial charge in [0.1, 0.15) is 12.6 Å². The molecule has 0 spiro atoms. The van der Waals surface area contributed by atoms with Gasteiger partial charge in [-0.3, -0.25) is 9.59 Å². The fourth-order valence-electron chi connectivity index (χ4n) is 3.44. The summed E-state index contributed by atoms with van der Waals surface area (Å²) in [6.07, 6.45) is 12.8. The number of carbonyl (C=O) groups is 2. The molecule has 0 aliphatic heterocycles. The summed E-state index contributed by atoms with van der Waals surface area (Å²) in [7, 11) is 0. The molecule has 0 bridgehead atoms. The van der Waals surface area contributed by atoms with Crippen molar-refractivity contribution in [3.05, 3.63) is 47.5 Å². The highest BCUT2D eigenvalue weighted by atomic mass is 16.5. The van der Waals surface area contributed by atoms with Gasteiger partial charge in [0.2, 0.25) is 0 Å². The van der Waals surface area contributed by atoms with Crippen LogP contribution in [0.15, 0.2) is 36.4 Å². The molecule has 0 saturated heterocycles. The first-order valence-corrected chi connectivity index (χ1v) is 11.5. The van der Waals surface area contributed by atoms with Gasteiger partial charge in [-0.1, -0.05) is 51.4 Å². The number of hydrogen-bond donors (Lipinski definition) is 2. The van der Waals surface area contributed by atoms with E-state index in [1.54, 1.807) is 24.3 Å². The summed E-state index contributed by atoms with van der Waals surface area (Å²) in [5, 5.41) is 19.6. The van der Waals surface area contributed by atoms with E-state index in [4.69, 9.17) is 9.47 Å². The molecule has 0 aliphatic rings. The van der Waals surface area contributed by atoms with Crippen molar-refractivity contribution >= 4 is 12.6 Å². The van der Waals surface area contributed by atoms with E-state index in [1.807, 2.05) is 0 Å². The average Bonchev–Trinajstić information content (AvgIpc) is 2.80. The Kier molecular flexibility index (Phi) is 11.7. The molecule has 0 heterocycles. The van der Waals surface area contributed by atoms with Crippen LogP contribution in [0.4, 0.5) is 0 Å². The molecule has 6 heteroatoms. The Balaban J connectivity index is 1.38. The lowest BCUT2D eigenvalue weighted by atomic mass is 10.1. The largest absolute Gasteiger partial charge is 0.504 e. The minimum atomic E-state index is 0.00700. The lowest BCUT2D eigenvalue weighted by Crippen LogP contribution is -1.98. The highest BCUT2D eigenvalue weighted by Gasteiger charge is 2.04. The van der Waals surface area contributed by atoms with Crippen molar-refractivity contribution in [1.82, 2.24) is 0 Å². The van der Waals surface area contributed by atoms with E-state index in [9.17, 15) is 19.8 Å². The SMILES string of the molecule is O=Cc1ccc(OCCCCCCCCCCCCOc2ccc(C=O)cc2O)c(O)c1. The minimum absolute atomic E-state index is 0.00700. The van der Waals surface area contributed by atoms with Crippen LogP contribution in [0.25, 0.3) is 0 Å². The van der Waals surface area contributed by atoms with Crippen LogP contribution >= 0.6 is 0 Å². The first-order valence-electron chi connectivity index (χ1n) is 11.5. The first-order chi connectivity index (χ1) is 15.6. The molecule has 0 unspecified atom stereocenters. The number of benzene rings is 2. The molecule has 0 radical (unpaired) electrons. The summed E-state index contributed by atoms with van der Waals surface area (Å²) in [5.41, 5.74) is 0.872. The molecule has 0 aliphatic carbocycles. The Morgan fingerprint density at radius 1 is 0.562 bits per heavy atom. The molecule has 174 valence electrons. The molecule has 0 atom stereocenters. The third-order valence-electron chi connectivity index (χ3n) is 5.29. The van der Waals surface area contributed by atoms with Gasteiger partial charge in [-0.2, -0.15) is 0 Å². The van der Waals surface area contributed by atoms with Crippen LogP contribution in [-0.2, 0) is 0 Å². The first kappa shape index (κ1) is 25.2. The molecule has 2 aromatic rings. The van der Waals surface area contributed by atoms with Crippen LogP contribution < -0.4 is 9.47 Å². The normalized spacial score (nSPS) is 10.6. The average molecular weight is 443 g/mol. The van der Waals surface area contributed by atoms with E-state index in [2.05, 4.69) is 0 Å². The summed E-state index contributed by atoms with van der Waals surface area (Å²) in [6.45, 7) is 1.13. The number of aldehydes is 2. The number of phenolic OH excluding ortho intramolecular Hbond substituents is 2. The molecule has 2 rings (SSSR count). The molecular weight excluding hydrogens is 408 g/mol. The smallest absolute Gasteiger partial charge is 0.160 e. The Bertz CT molecular complexity index is 764. The van der Waals surface area contributed by atoms with Crippen molar-refractivity contribution < 1.29 is 29.3 Å². The van der Waals surface area contributed by atoms with Crippen LogP contribution in [-0.4, -0.2) is 36.0 Å². The molecule has 32 heavy (non-hydrogen) atoms. The van der Waals surface area contributed by atoms with Crippen LogP contribution in [0.1, 0.15) is 84.9 Å². The van der Waals surface area contributed by atoms with Gasteiger partial charge in [0.25, 0.3) is 0 Å². The number of phenols is 2. The summed E-state index contributed by atoms with van der Waals surface area (Å²) >= 11 is 0. The predicted octanol–water partition coefficient (Wildman–Crippen LogP) is 6.08. The zero-order valence-electron chi connectivity index (χ0n) is 18.6. The number of aromatic hydroxyl groups is 2. The maximum atomic E-state index is 10.7. The second-order valence-electron chi connectivity index (χ2n) is 7.92. The van der Waals surface area contributed by atoms with Crippen molar-refractivity contribution in [2.45, 2.75) is 64.2 Å². The van der Waals surface area contributed by atoms with Gasteiger partial charge in [0.15, 0.2) is 23.0 Å². The van der Waals surface area contributed by atoms with Gasteiger partial charge in [0.05, 0.1) is 13.2 Å². The van der Waals surface area contributed by atoms with Gasteiger partial charge in [-0.15, -0.1) is 0 Å². The van der Waals surface area contributed by atoms with E-state index >= 15 is 0 Å². The highest BCUT2D eigenvalue weighted by Crippen LogP contribution is 2.27. The molecule has 0 fully saturated rings. The fraction of sp³-hybridized carbons (Fsp3) is 0.462. The zero-order valence-corrected chi connectivity index (χ0v) is 18.6. The number of hydrogen-bond acceptors (Lipinski definition) is 6. The lowest BCUT2D eigenvalue weighted by Gasteiger charge is -2.08. The maximum absolute atomic E-state index is 10.7. The van der Waals surface area contributed by atoms with Crippen LogP contribution in [0.5, 0.6) is 23.0 Å². The number of unbranched alkanes of at least 4 members (excludes halogenated alkanes) is 9. The summed E-state index contributed by atoms with van der Waals surface area (Å²) < 4.78 is 11.1. The topological polar surface area (TPSA) is 93.1 Å². The van der Waals surface area contributed by atoms with E-state index in [1.165, 1.54) is 50.7 Å². The lowest BCUT2D eigenvalue weighted by molar-refractivity contribution is 0.111. The van der Waals surface area contributed by atoms with Gasteiger partial charge >= 0.3 is 0 Å². The number of ether oxygens (including phenoxy) is 2. The minimum Gasteiger partial charge on any atom is -0.504 e. The summed E-state index contributed by atoms with van der Waals surface area (Å²) in [5.74, 6) is 0.863. The Morgan fingerprint density at radius 3 is 1.22 bits per heavy atom. The third kappa shape index (κ3) is 9.41. The second-order valence-corrected chi connectivity index (χ2v) is 7.92. The maximum Gasteiger partial charge on any atom is 0.160 e. The molecule has 6 nitrogen and oxygen atoms in total. The van der Waals surface area contributed by atoms with Gasteiger partial charge in [0, 0.05) is 11.1 Å². The zero-order chi connectivity index (χ0) is 23.0. The Labute approximate surface area is 190 Å². The predicted molar refractivity (Wildman–Crippen MR) is 124 cm³/mol. The van der Waals surface area contributed by atoms with Gasteiger partial charge in [-0.25, -0.2) is 0 Å². The molecule has 0 amide bonds. The van der Waals surface area contributed by atoms with Crippen molar-refractivity contribution in [1.29, 1.82) is 0 Å². The van der Waals surface area contributed by atoms with Crippen molar-refractivity contribution in [2.75, 3.05) is 13.2 Å². The van der Waals surface area contributed by atoms with Gasteiger partial charge in [-0.05, 0) is 49.2 Å². The van der Waals surface area contributed by atoms with E-state index in [-0.39, 0.29) is 11.5 Å². The second kappa shape index (κ2) is 14.9. The van der Waals surface area contributed by atoms with Gasteiger partial charge < -0.3 is 19.7 Å². The summed E-state index contributed by atoms with van der Waals surface area (Å²) in [6, 6.07) is 9.34. The van der Waals surface area contributed by atoms with Crippen LogP contribution in [0.3, 0.4) is 0 Å². The molecule has 0 saturated carbocycles. The quantitative estimate of drug-likeness (QED) is 0.228. The monoisotopic (exact) mass is 442 g/mol. The van der Waals surface area contributed by atoms with Crippen LogP contribution in [0.2, 0.25) is 0 Å². The molecule has 0 aromatic heterocycles. The van der Waals surface area contributed by atoms with Crippen LogP contribution in [0, 0.1) is 0 Å². The Morgan fingerprint density at radius 2 is 0.906 bits per heavy atom.